The van der Waals surface area contributed by atoms with Gasteiger partial charge in [0.2, 0.25) is 5.91 Å². The number of pyridine rings is 1. The number of halogens is 1. The minimum Gasteiger partial charge on any atom is -0.364 e. The smallest absolute Gasteiger partial charge is 0.267 e. The maximum atomic E-state index is 13.5. The van der Waals surface area contributed by atoms with E-state index in [2.05, 4.69) is 15.0 Å². The Kier molecular flexibility index (Phi) is 5.34. The van der Waals surface area contributed by atoms with Crippen LogP contribution in [0.25, 0.3) is 0 Å². The largest absolute Gasteiger partial charge is 0.364 e. The number of nitrogens with two attached hydrogens (primary N) is 1. The zero-order valence-electron chi connectivity index (χ0n) is 15.7. The van der Waals surface area contributed by atoms with Crippen LogP contribution in [0.2, 0.25) is 0 Å². The Morgan fingerprint density at radius 1 is 1.14 bits per heavy atom. The minimum atomic E-state index is -0.609. The molecule has 9 nitrogen and oxygen atoms in total. The van der Waals surface area contributed by atoms with Crippen molar-refractivity contribution in [1.29, 1.82) is 0 Å². The van der Waals surface area contributed by atoms with Gasteiger partial charge in [-0.1, -0.05) is 0 Å². The third-order valence-electron chi connectivity index (χ3n) is 5.31. The number of carbonyl (C=O) groups excluding carboxylic acids is 2. The zero-order valence-corrected chi connectivity index (χ0v) is 15.7. The van der Waals surface area contributed by atoms with E-state index in [0.29, 0.717) is 50.3 Å². The average molecular weight is 400 g/mol. The summed E-state index contributed by atoms with van der Waals surface area (Å²) in [6.07, 6.45) is 5.84. The van der Waals surface area contributed by atoms with E-state index in [1.54, 1.807) is 12.3 Å². The van der Waals surface area contributed by atoms with E-state index in [-0.39, 0.29) is 23.6 Å². The zero-order chi connectivity index (χ0) is 20.4. The molecule has 0 aromatic carbocycles. The van der Waals surface area contributed by atoms with Crippen molar-refractivity contribution < 1.29 is 18.8 Å². The van der Waals surface area contributed by atoms with Gasteiger partial charge in [0.15, 0.2) is 0 Å². The first-order valence-corrected chi connectivity index (χ1v) is 9.46. The van der Waals surface area contributed by atoms with Gasteiger partial charge in [-0.25, -0.2) is 19.4 Å². The van der Waals surface area contributed by atoms with Gasteiger partial charge >= 0.3 is 0 Å². The van der Waals surface area contributed by atoms with Gasteiger partial charge < -0.3 is 10.6 Å². The molecule has 4 rings (SSSR count). The first kappa shape index (κ1) is 19.2. The number of carbonyl (C=O) groups is 2. The molecule has 2 aromatic rings. The third-order valence-corrected chi connectivity index (χ3v) is 5.31. The topological polar surface area (TPSA) is 115 Å². The van der Waals surface area contributed by atoms with Crippen LogP contribution in [0.15, 0.2) is 30.9 Å². The van der Waals surface area contributed by atoms with Crippen LogP contribution in [0.3, 0.4) is 0 Å². The summed E-state index contributed by atoms with van der Waals surface area (Å²) in [5, 5.41) is 1.38. The molecule has 0 bridgehead atoms. The predicted octanol–water partition coefficient (Wildman–Crippen LogP) is 1.23. The van der Waals surface area contributed by atoms with E-state index in [1.165, 1.54) is 17.5 Å². The molecule has 152 valence electrons. The predicted molar refractivity (Wildman–Crippen MR) is 99.8 cm³/mol. The molecule has 2 aliphatic heterocycles. The van der Waals surface area contributed by atoms with Crippen LogP contribution in [0.1, 0.15) is 41.4 Å². The van der Waals surface area contributed by atoms with E-state index in [4.69, 9.17) is 10.6 Å². The van der Waals surface area contributed by atoms with Crippen molar-refractivity contribution in [2.45, 2.75) is 25.3 Å². The maximum Gasteiger partial charge on any atom is 0.267 e. The van der Waals surface area contributed by atoms with Gasteiger partial charge in [-0.3, -0.25) is 19.4 Å². The lowest BCUT2D eigenvalue weighted by atomic mass is 9.94. The van der Waals surface area contributed by atoms with Crippen molar-refractivity contribution in [2.24, 2.45) is 11.7 Å². The maximum absolute atomic E-state index is 13.5. The average Bonchev–Trinajstić information content (AvgIpc) is 3.23. The second kappa shape index (κ2) is 8.08. The number of hydrogen-bond acceptors (Lipinski definition) is 7. The van der Waals surface area contributed by atoms with Crippen LogP contribution in [0, 0.1) is 11.7 Å². The van der Waals surface area contributed by atoms with Crippen LogP contribution in [0.5, 0.6) is 0 Å². The number of primary amides is 1. The molecule has 2 fully saturated rings. The number of hydrogen-bond donors (Lipinski definition) is 1. The second-order valence-corrected chi connectivity index (χ2v) is 7.13. The van der Waals surface area contributed by atoms with Crippen LogP contribution in [-0.4, -0.2) is 51.5 Å². The lowest BCUT2D eigenvalue weighted by Gasteiger charge is -2.34. The molecule has 10 heteroatoms. The Balaban J connectivity index is 1.41. The highest BCUT2D eigenvalue weighted by Gasteiger charge is 2.37. The number of anilines is 1. The quantitative estimate of drug-likeness (QED) is 0.821. The highest BCUT2D eigenvalue weighted by Crippen LogP contribution is 2.33. The number of aromatic nitrogens is 3. The van der Waals surface area contributed by atoms with Gasteiger partial charge in [0.25, 0.3) is 5.91 Å². The Bertz CT molecular complexity index is 918. The fraction of sp³-hybridized carbons (Fsp3) is 0.421. The molecular formula is C19H21FN6O3. The number of rotatable bonds is 4. The van der Waals surface area contributed by atoms with E-state index in [1.807, 2.05) is 4.90 Å². The normalized spacial score (nSPS) is 20.1. The van der Waals surface area contributed by atoms with E-state index in [9.17, 15) is 14.0 Å². The summed E-state index contributed by atoms with van der Waals surface area (Å²) in [6.45, 7) is 1.61. The SMILES string of the molecule is NC(=O)c1cc(N2CCC(C(=O)N3OCCC3c3cncc(F)c3)CC2)ncn1. The molecule has 0 spiro atoms. The fourth-order valence-corrected chi connectivity index (χ4v) is 3.79. The van der Waals surface area contributed by atoms with Crippen molar-refractivity contribution in [3.8, 4) is 0 Å². The summed E-state index contributed by atoms with van der Waals surface area (Å²) in [4.78, 5) is 43.9. The standard InChI is InChI=1S/C19H21FN6O3/c20-14-7-13(9-22-10-14)16-3-6-29-26(16)19(28)12-1-4-25(5-2-12)17-8-15(18(21)27)23-11-24-17/h7-12,16H,1-6H2,(H2,21,27). The molecule has 1 atom stereocenters. The summed E-state index contributed by atoms with van der Waals surface area (Å²) >= 11 is 0. The van der Waals surface area contributed by atoms with Crippen molar-refractivity contribution in [3.63, 3.8) is 0 Å². The number of nitrogens with zero attached hydrogens (tertiary/aromatic N) is 5. The van der Waals surface area contributed by atoms with Gasteiger partial charge in [-0.2, -0.15) is 0 Å². The molecule has 0 saturated carbocycles. The van der Waals surface area contributed by atoms with Gasteiger partial charge in [0.1, 0.15) is 23.7 Å². The fourth-order valence-electron chi connectivity index (χ4n) is 3.79. The Labute approximate surface area is 166 Å². The van der Waals surface area contributed by atoms with Crippen LogP contribution < -0.4 is 10.6 Å². The number of amides is 2. The molecule has 2 amide bonds. The lowest BCUT2D eigenvalue weighted by Crippen LogP contribution is -2.42. The van der Waals surface area contributed by atoms with E-state index >= 15 is 0 Å². The monoisotopic (exact) mass is 400 g/mol. The number of hydroxylamine groups is 2. The summed E-state index contributed by atoms with van der Waals surface area (Å²) in [7, 11) is 0. The Morgan fingerprint density at radius 2 is 1.93 bits per heavy atom. The van der Waals surface area contributed by atoms with E-state index in [0.717, 1.165) is 6.20 Å². The first-order valence-electron chi connectivity index (χ1n) is 9.46. The summed E-state index contributed by atoms with van der Waals surface area (Å²) < 4.78 is 13.5. The van der Waals surface area contributed by atoms with Gasteiger partial charge in [0, 0.05) is 37.7 Å². The number of piperidine rings is 1. The van der Waals surface area contributed by atoms with E-state index < -0.39 is 11.7 Å². The highest BCUT2D eigenvalue weighted by molar-refractivity contribution is 5.91. The molecule has 1 unspecified atom stereocenters. The highest BCUT2D eigenvalue weighted by atomic mass is 19.1. The molecule has 4 heterocycles. The summed E-state index contributed by atoms with van der Waals surface area (Å²) in [5.41, 5.74) is 6.06. The van der Waals surface area contributed by atoms with Gasteiger partial charge in [-0.05, 0) is 24.5 Å². The molecular weight excluding hydrogens is 379 g/mol. The van der Waals surface area contributed by atoms with Gasteiger partial charge in [-0.15, -0.1) is 0 Å². The van der Waals surface area contributed by atoms with Crippen molar-refractivity contribution >= 4 is 17.6 Å². The van der Waals surface area contributed by atoms with Crippen LogP contribution in [-0.2, 0) is 9.63 Å². The van der Waals surface area contributed by atoms with Crippen molar-refractivity contribution in [2.75, 3.05) is 24.6 Å². The van der Waals surface area contributed by atoms with Crippen molar-refractivity contribution in [1.82, 2.24) is 20.0 Å². The third kappa shape index (κ3) is 4.02. The first-order chi connectivity index (χ1) is 14.0. The molecule has 0 aliphatic carbocycles. The van der Waals surface area contributed by atoms with Crippen molar-refractivity contribution in [3.05, 3.63) is 47.9 Å². The molecule has 2 aliphatic rings. The van der Waals surface area contributed by atoms with Crippen LogP contribution >= 0.6 is 0 Å². The second-order valence-electron chi connectivity index (χ2n) is 7.13. The van der Waals surface area contributed by atoms with Gasteiger partial charge in [0.05, 0.1) is 18.8 Å². The molecule has 2 aromatic heterocycles. The minimum absolute atomic E-state index is 0.100. The molecule has 2 saturated heterocycles. The molecule has 29 heavy (non-hydrogen) atoms. The molecule has 0 radical (unpaired) electrons. The summed E-state index contributed by atoms with van der Waals surface area (Å²) in [6, 6.07) is 2.62. The van der Waals surface area contributed by atoms with Crippen LogP contribution in [0.4, 0.5) is 10.2 Å². The molecule has 2 N–H and O–H groups in total. The Morgan fingerprint density at radius 3 is 2.66 bits per heavy atom. The Hall–Kier alpha value is -3.14. The lowest BCUT2D eigenvalue weighted by molar-refractivity contribution is -0.182. The summed E-state index contributed by atoms with van der Waals surface area (Å²) in [5.74, 6) is -0.735.